The zero-order valence-corrected chi connectivity index (χ0v) is 18.2. The van der Waals surface area contributed by atoms with Gasteiger partial charge in [0, 0.05) is 16.1 Å². The number of Topliss-reactive ketones (excluding diaryl/α,β-unsaturated/α-hetero) is 1. The summed E-state index contributed by atoms with van der Waals surface area (Å²) in [7, 11) is -3.90. The highest BCUT2D eigenvalue weighted by molar-refractivity contribution is 7.89. The van der Waals surface area contributed by atoms with Crippen molar-refractivity contribution in [1.82, 2.24) is 4.72 Å². The van der Waals surface area contributed by atoms with Crippen LogP contribution in [0, 0.1) is 6.92 Å². The van der Waals surface area contributed by atoms with Crippen molar-refractivity contribution in [1.29, 1.82) is 0 Å². The Morgan fingerprint density at radius 3 is 2.16 bits per heavy atom. The maximum absolute atomic E-state index is 13.0. The molecule has 0 spiro atoms. The molecule has 31 heavy (non-hydrogen) atoms. The number of rotatable bonds is 8. The Hall–Kier alpha value is -3.00. The molecule has 160 valence electrons. The smallest absolute Gasteiger partial charge is 0.322 e. The van der Waals surface area contributed by atoms with Crippen molar-refractivity contribution >= 4 is 33.4 Å². The van der Waals surface area contributed by atoms with Gasteiger partial charge in [-0.15, -0.1) is 0 Å². The summed E-state index contributed by atoms with van der Waals surface area (Å²) < 4.78 is 32.4. The molecule has 0 aliphatic rings. The van der Waals surface area contributed by atoms with Crippen molar-refractivity contribution in [2.24, 2.45) is 0 Å². The van der Waals surface area contributed by atoms with Gasteiger partial charge in [-0.3, -0.25) is 9.59 Å². The Labute approximate surface area is 185 Å². The number of hydrogen-bond acceptors (Lipinski definition) is 5. The van der Waals surface area contributed by atoms with Gasteiger partial charge in [0.05, 0.1) is 4.90 Å². The van der Waals surface area contributed by atoms with Crippen LogP contribution in [0.3, 0.4) is 0 Å². The van der Waals surface area contributed by atoms with E-state index in [-0.39, 0.29) is 4.90 Å². The van der Waals surface area contributed by atoms with Gasteiger partial charge >= 0.3 is 5.97 Å². The predicted octanol–water partition coefficient (Wildman–Crippen LogP) is 4.09. The van der Waals surface area contributed by atoms with Crippen LogP contribution in [0.4, 0.5) is 0 Å². The van der Waals surface area contributed by atoms with Gasteiger partial charge in [-0.25, -0.2) is 8.42 Å². The molecule has 1 N–H and O–H groups in total. The number of halogens is 1. The maximum Gasteiger partial charge on any atom is 0.322 e. The number of carbonyl (C=O) groups excluding carboxylic acids is 2. The Kier molecular flexibility index (Phi) is 7.22. The highest BCUT2D eigenvalue weighted by atomic mass is 35.5. The van der Waals surface area contributed by atoms with Crippen molar-refractivity contribution in [3.63, 3.8) is 0 Å². The zero-order chi connectivity index (χ0) is 22.4. The summed E-state index contributed by atoms with van der Waals surface area (Å²) in [4.78, 5) is 25.4. The first-order valence-corrected chi connectivity index (χ1v) is 11.2. The summed E-state index contributed by atoms with van der Waals surface area (Å²) >= 11 is 5.92. The third-order valence-corrected chi connectivity index (χ3v) is 6.13. The number of benzene rings is 3. The van der Waals surface area contributed by atoms with Crippen molar-refractivity contribution in [2.45, 2.75) is 17.9 Å². The van der Waals surface area contributed by atoms with Crippen LogP contribution in [-0.4, -0.2) is 26.7 Å². The number of esters is 1. The van der Waals surface area contributed by atoms with E-state index in [9.17, 15) is 18.0 Å². The topological polar surface area (TPSA) is 89.5 Å². The van der Waals surface area contributed by atoms with Crippen LogP contribution in [0.2, 0.25) is 5.02 Å². The average molecular weight is 458 g/mol. The van der Waals surface area contributed by atoms with E-state index in [0.717, 1.165) is 5.56 Å². The minimum absolute atomic E-state index is 0.0283. The lowest BCUT2D eigenvalue weighted by molar-refractivity contribution is -0.145. The Morgan fingerprint density at radius 1 is 0.935 bits per heavy atom. The van der Waals surface area contributed by atoms with E-state index in [1.165, 1.54) is 12.1 Å². The van der Waals surface area contributed by atoms with E-state index in [2.05, 4.69) is 4.72 Å². The quantitative estimate of drug-likeness (QED) is 0.406. The van der Waals surface area contributed by atoms with Gasteiger partial charge in [-0.2, -0.15) is 4.72 Å². The second kappa shape index (κ2) is 9.87. The molecule has 3 aromatic carbocycles. The van der Waals surface area contributed by atoms with Crippen LogP contribution in [-0.2, 0) is 19.6 Å². The summed E-state index contributed by atoms with van der Waals surface area (Å²) in [6.45, 7) is 1.21. The fraction of sp³-hybridized carbons (Fsp3) is 0.130. The second-order valence-corrected chi connectivity index (χ2v) is 8.99. The fourth-order valence-electron chi connectivity index (χ4n) is 2.79. The van der Waals surface area contributed by atoms with Crippen LogP contribution in [0.5, 0.6) is 0 Å². The lowest BCUT2D eigenvalue weighted by atomic mass is 10.00. The molecule has 0 amide bonds. The molecule has 0 aliphatic carbocycles. The van der Waals surface area contributed by atoms with Crippen LogP contribution in [0.1, 0.15) is 27.6 Å². The SMILES string of the molecule is Cc1ccc(S(=O)(=O)NCC(=O)OC(C(=O)c2ccccc2)c2ccc(Cl)cc2)cc1. The molecular weight excluding hydrogens is 438 g/mol. The van der Waals surface area contributed by atoms with Gasteiger partial charge in [-0.05, 0) is 31.2 Å². The second-order valence-electron chi connectivity index (χ2n) is 6.79. The first-order valence-electron chi connectivity index (χ1n) is 9.37. The molecule has 0 saturated carbocycles. The van der Waals surface area contributed by atoms with Crippen molar-refractivity contribution in [3.05, 3.63) is 101 Å². The van der Waals surface area contributed by atoms with Crippen LogP contribution >= 0.6 is 11.6 Å². The summed E-state index contributed by atoms with van der Waals surface area (Å²) in [6.07, 6.45) is -1.24. The van der Waals surface area contributed by atoms with Crippen molar-refractivity contribution in [3.8, 4) is 0 Å². The molecule has 0 saturated heterocycles. The number of aryl methyl sites for hydroxylation is 1. The first-order chi connectivity index (χ1) is 14.8. The predicted molar refractivity (Wildman–Crippen MR) is 117 cm³/mol. The minimum Gasteiger partial charge on any atom is -0.448 e. The van der Waals surface area contributed by atoms with Crippen LogP contribution < -0.4 is 4.72 Å². The van der Waals surface area contributed by atoms with E-state index in [1.807, 2.05) is 6.92 Å². The van der Waals surface area contributed by atoms with Gasteiger partial charge in [0.1, 0.15) is 6.54 Å². The number of nitrogens with one attached hydrogen (secondary N) is 1. The number of ether oxygens (including phenoxy) is 1. The highest BCUT2D eigenvalue weighted by Gasteiger charge is 2.27. The molecule has 8 heteroatoms. The molecule has 3 aromatic rings. The standard InChI is InChI=1S/C23H20ClNO5S/c1-16-7-13-20(14-8-16)31(28,29)25-15-21(26)30-23(18-9-11-19(24)12-10-18)22(27)17-5-3-2-4-6-17/h2-14,23,25H,15H2,1H3. The van der Waals surface area contributed by atoms with E-state index in [0.29, 0.717) is 16.1 Å². The minimum atomic E-state index is -3.90. The molecule has 0 radical (unpaired) electrons. The molecule has 0 bridgehead atoms. The van der Waals surface area contributed by atoms with Crippen LogP contribution in [0.25, 0.3) is 0 Å². The van der Waals surface area contributed by atoms with Crippen molar-refractivity contribution < 1.29 is 22.7 Å². The van der Waals surface area contributed by atoms with E-state index >= 15 is 0 Å². The van der Waals surface area contributed by atoms with Crippen molar-refractivity contribution in [2.75, 3.05) is 6.54 Å². The molecule has 0 fully saturated rings. The lowest BCUT2D eigenvalue weighted by Gasteiger charge is -2.18. The molecule has 1 unspecified atom stereocenters. The molecule has 3 rings (SSSR count). The van der Waals surface area contributed by atoms with E-state index in [4.69, 9.17) is 16.3 Å². The zero-order valence-electron chi connectivity index (χ0n) is 16.6. The summed E-state index contributed by atoms with van der Waals surface area (Å²) in [5, 5.41) is 0.465. The van der Waals surface area contributed by atoms with Gasteiger partial charge in [0.2, 0.25) is 15.8 Å². The molecular formula is C23H20ClNO5S. The lowest BCUT2D eigenvalue weighted by Crippen LogP contribution is -2.32. The normalized spacial score (nSPS) is 12.2. The van der Waals surface area contributed by atoms with Gasteiger partial charge in [0.15, 0.2) is 6.10 Å². The van der Waals surface area contributed by atoms with Crippen LogP contribution in [0.15, 0.2) is 83.8 Å². The highest BCUT2D eigenvalue weighted by Crippen LogP contribution is 2.24. The number of carbonyl (C=O) groups is 2. The number of sulfonamides is 1. The number of hydrogen-bond donors (Lipinski definition) is 1. The molecule has 1 atom stereocenters. The van der Waals surface area contributed by atoms with Gasteiger partial charge in [0.25, 0.3) is 0 Å². The fourth-order valence-corrected chi connectivity index (χ4v) is 3.89. The molecule has 6 nitrogen and oxygen atoms in total. The average Bonchev–Trinajstić information content (AvgIpc) is 2.77. The van der Waals surface area contributed by atoms with E-state index in [1.54, 1.807) is 66.7 Å². The monoisotopic (exact) mass is 457 g/mol. The Bertz CT molecular complexity index is 1160. The first kappa shape index (κ1) is 22.7. The van der Waals surface area contributed by atoms with Gasteiger partial charge < -0.3 is 4.74 Å². The molecule has 0 aliphatic heterocycles. The number of ketones is 1. The Morgan fingerprint density at radius 2 is 1.55 bits per heavy atom. The molecule has 0 heterocycles. The van der Waals surface area contributed by atoms with E-state index < -0.39 is 34.4 Å². The molecule has 0 aromatic heterocycles. The largest absolute Gasteiger partial charge is 0.448 e. The summed E-state index contributed by atoms with van der Waals surface area (Å²) in [5.74, 6) is -1.32. The maximum atomic E-state index is 13.0. The Balaban J connectivity index is 1.76. The summed E-state index contributed by atoms with van der Waals surface area (Å²) in [5.41, 5.74) is 1.69. The third-order valence-electron chi connectivity index (χ3n) is 4.46. The van der Waals surface area contributed by atoms with Gasteiger partial charge in [-0.1, -0.05) is 71.8 Å². The summed E-state index contributed by atoms with van der Waals surface area (Å²) in [6, 6.07) is 20.9. The third kappa shape index (κ3) is 6.01.